The van der Waals surface area contributed by atoms with E-state index in [2.05, 4.69) is 4.90 Å². The van der Waals surface area contributed by atoms with Gasteiger partial charge in [-0.15, -0.1) is 0 Å². The average Bonchev–Trinajstić information content (AvgIpc) is 2.80. The standard InChI is InChI=1S/C13H17FN2S/c1-16(9-5-2-3-6-9)11-8-4-7-10(14)12(11)13(15)17/h4,7-9H,2-3,5-6H2,1H3,(H2,15,17). The number of nitrogens with two attached hydrogens (primary N) is 1. The highest BCUT2D eigenvalue weighted by molar-refractivity contribution is 7.80. The molecule has 1 saturated carbocycles. The first-order valence-corrected chi connectivity index (χ1v) is 6.33. The Balaban J connectivity index is 2.36. The van der Waals surface area contributed by atoms with Gasteiger partial charge < -0.3 is 10.6 Å². The highest BCUT2D eigenvalue weighted by Gasteiger charge is 2.23. The molecular weight excluding hydrogens is 235 g/mol. The maximum Gasteiger partial charge on any atom is 0.135 e. The van der Waals surface area contributed by atoms with Gasteiger partial charge in [-0.05, 0) is 25.0 Å². The van der Waals surface area contributed by atoms with Gasteiger partial charge in [0.15, 0.2) is 0 Å². The number of hydrogen-bond acceptors (Lipinski definition) is 2. The molecule has 0 saturated heterocycles. The van der Waals surface area contributed by atoms with E-state index in [1.54, 1.807) is 6.07 Å². The van der Waals surface area contributed by atoms with Crippen molar-refractivity contribution in [3.63, 3.8) is 0 Å². The molecule has 0 aliphatic heterocycles. The van der Waals surface area contributed by atoms with Gasteiger partial charge in [0, 0.05) is 18.8 Å². The third-order valence-corrected chi connectivity index (χ3v) is 3.69. The number of thiocarbonyl (C=S) groups is 1. The first-order chi connectivity index (χ1) is 8.11. The topological polar surface area (TPSA) is 29.3 Å². The minimum absolute atomic E-state index is 0.128. The lowest BCUT2D eigenvalue weighted by Crippen LogP contribution is -2.31. The van der Waals surface area contributed by atoms with Crippen LogP contribution in [0.5, 0.6) is 0 Å². The molecule has 1 aliphatic carbocycles. The largest absolute Gasteiger partial charge is 0.389 e. The second-order valence-corrected chi connectivity index (χ2v) is 4.99. The molecule has 4 heteroatoms. The van der Waals surface area contributed by atoms with E-state index in [1.165, 1.54) is 18.9 Å². The SMILES string of the molecule is CN(c1cccc(F)c1C(N)=S)C1CCCC1. The maximum absolute atomic E-state index is 13.8. The van der Waals surface area contributed by atoms with Crippen LogP contribution in [0.3, 0.4) is 0 Å². The Morgan fingerprint density at radius 2 is 2.06 bits per heavy atom. The first kappa shape index (κ1) is 12.3. The minimum atomic E-state index is -0.333. The molecule has 0 aromatic heterocycles. The smallest absolute Gasteiger partial charge is 0.135 e. The summed E-state index contributed by atoms with van der Waals surface area (Å²) in [5.74, 6) is -0.333. The Hall–Kier alpha value is -1.16. The molecule has 0 unspecified atom stereocenters. The van der Waals surface area contributed by atoms with Gasteiger partial charge in [-0.2, -0.15) is 0 Å². The van der Waals surface area contributed by atoms with Crippen molar-refractivity contribution in [2.24, 2.45) is 5.73 Å². The van der Waals surface area contributed by atoms with E-state index < -0.39 is 0 Å². The van der Waals surface area contributed by atoms with Crippen LogP contribution in [0.25, 0.3) is 0 Å². The van der Waals surface area contributed by atoms with Crippen molar-refractivity contribution in [2.45, 2.75) is 31.7 Å². The number of benzene rings is 1. The molecule has 0 heterocycles. The van der Waals surface area contributed by atoms with Crippen molar-refractivity contribution >= 4 is 22.9 Å². The molecule has 2 N–H and O–H groups in total. The van der Waals surface area contributed by atoms with Gasteiger partial charge in [0.2, 0.25) is 0 Å². The normalized spacial score (nSPS) is 16.1. The van der Waals surface area contributed by atoms with Crippen molar-refractivity contribution in [2.75, 3.05) is 11.9 Å². The van der Waals surface area contributed by atoms with Gasteiger partial charge in [0.25, 0.3) is 0 Å². The second kappa shape index (κ2) is 5.00. The number of hydrogen-bond donors (Lipinski definition) is 1. The van der Waals surface area contributed by atoms with Crippen LogP contribution in [-0.4, -0.2) is 18.1 Å². The zero-order valence-corrected chi connectivity index (χ0v) is 10.8. The minimum Gasteiger partial charge on any atom is -0.389 e. The van der Waals surface area contributed by atoms with Gasteiger partial charge in [-0.25, -0.2) is 4.39 Å². The van der Waals surface area contributed by atoms with Crippen molar-refractivity contribution in [3.8, 4) is 0 Å². The van der Waals surface area contributed by atoms with Gasteiger partial charge in [0.05, 0.1) is 5.56 Å². The second-order valence-electron chi connectivity index (χ2n) is 4.55. The Kier molecular flexibility index (Phi) is 3.62. The van der Waals surface area contributed by atoms with E-state index in [-0.39, 0.29) is 10.8 Å². The molecule has 92 valence electrons. The predicted octanol–water partition coefficient (Wildman–Crippen LogP) is 2.84. The van der Waals surface area contributed by atoms with Crippen molar-refractivity contribution in [1.29, 1.82) is 0 Å². The molecule has 17 heavy (non-hydrogen) atoms. The van der Waals surface area contributed by atoms with Gasteiger partial charge in [0.1, 0.15) is 10.8 Å². The fraction of sp³-hybridized carbons (Fsp3) is 0.462. The molecule has 2 rings (SSSR count). The molecule has 0 spiro atoms. The summed E-state index contributed by atoms with van der Waals surface area (Å²) in [4.78, 5) is 2.24. The highest BCUT2D eigenvalue weighted by atomic mass is 32.1. The van der Waals surface area contributed by atoms with E-state index in [0.717, 1.165) is 18.5 Å². The predicted molar refractivity (Wildman–Crippen MR) is 72.9 cm³/mol. The number of anilines is 1. The fourth-order valence-corrected chi connectivity index (χ4v) is 2.74. The van der Waals surface area contributed by atoms with E-state index in [1.807, 2.05) is 13.1 Å². The molecule has 1 aliphatic rings. The van der Waals surface area contributed by atoms with E-state index in [0.29, 0.717) is 11.6 Å². The van der Waals surface area contributed by atoms with Gasteiger partial charge in [-0.3, -0.25) is 0 Å². The molecule has 1 fully saturated rings. The van der Waals surface area contributed by atoms with Crippen LogP contribution >= 0.6 is 12.2 Å². The molecule has 0 amide bonds. The maximum atomic E-state index is 13.8. The average molecular weight is 252 g/mol. The summed E-state index contributed by atoms with van der Waals surface area (Å²) in [5.41, 5.74) is 6.80. The van der Waals surface area contributed by atoms with Gasteiger partial charge >= 0.3 is 0 Å². The quantitative estimate of drug-likeness (QED) is 0.839. The van der Waals surface area contributed by atoms with Crippen molar-refractivity contribution in [1.82, 2.24) is 0 Å². The monoisotopic (exact) mass is 252 g/mol. The van der Waals surface area contributed by atoms with E-state index in [4.69, 9.17) is 18.0 Å². The Morgan fingerprint density at radius 1 is 1.41 bits per heavy atom. The third-order valence-electron chi connectivity index (χ3n) is 3.49. The number of nitrogens with zero attached hydrogens (tertiary/aromatic N) is 1. The summed E-state index contributed by atoms with van der Waals surface area (Å²) >= 11 is 4.94. The number of rotatable bonds is 3. The lowest BCUT2D eigenvalue weighted by molar-refractivity contribution is 0.617. The Bertz CT molecular complexity index is 427. The third kappa shape index (κ3) is 2.41. The van der Waals surface area contributed by atoms with Crippen LogP contribution in [0.1, 0.15) is 31.2 Å². The summed E-state index contributed by atoms with van der Waals surface area (Å²) < 4.78 is 13.8. The molecule has 0 atom stereocenters. The highest BCUT2D eigenvalue weighted by Crippen LogP contribution is 2.30. The zero-order chi connectivity index (χ0) is 12.4. The van der Waals surface area contributed by atoms with Crippen LogP contribution in [0.4, 0.5) is 10.1 Å². The number of halogens is 1. The molecule has 2 nitrogen and oxygen atoms in total. The van der Waals surface area contributed by atoms with Crippen LogP contribution in [0.2, 0.25) is 0 Å². The van der Waals surface area contributed by atoms with Crippen molar-refractivity contribution in [3.05, 3.63) is 29.6 Å². The lowest BCUT2D eigenvalue weighted by atomic mass is 10.1. The molecule has 0 radical (unpaired) electrons. The fourth-order valence-electron chi connectivity index (χ4n) is 2.54. The van der Waals surface area contributed by atoms with Crippen molar-refractivity contribution < 1.29 is 4.39 Å². The summed E-state index contributed by atoms with van der Waals surface area (Å²) in [6.07, 6.45) is 4.80. The molecular formula is C13H17FN2S. The summed E-state index contributed by atoms with van der Waals surface area (Å²) in [7, 11) is 1.99. The Morgan fingerprint density at radius 3 is 2.65 bits per heavy atom. The molecule has 0 bridgehead atoms. The first-order valence-electron chi connectivity index (χ1n) is 5.92. The molecule has 1 aromatic carbocycles. The summed E-state index contributed by atoms with van der Waals surface area (Å²) in [6.45, 7) is 0. The van der Waals surface area contributed by atoms with Gasteiger partial charge in [-0.1, -0.05) is 31.1 Å². The summed E-state index contributed by atoms with van der Waals surface area (Å²) in [6, 6.07) is 5.47. The van der Waals surface area contributed by atoms with Crippen LogP contribution in [-0.2, 0) is 0 Å². The molecule has 1 aromatic rings. The van der Waals surface area contributed by atoms with Crippen LogP contribution in [0.15, 0.2) is 18.2 Å². The summed E-state index contributed by atoms with van der Waals surface area (Å²) in [5, 5.41) is 0. The van der Waals surface area contributed by atoms with E-state index >= 15 is 0 Å². The van der Waals surface area contributed by atoms with Crippen LogP contribution in [0, 0.1) is 5.82 Å². The van der Waals surface area contributed by atoms with E-state index in [9.17, 15) is 4.39 Å². The Labute approximate surface area is 107 Å². The van der Waals surface area contributed by atoms with Crippen LogP contribution < -0.4 is 10.6 Å². The zero-order valence-electron chi connectivity index (χ0n) is 9.95. The lowest BCUT2D eigenvalue weighted by Gasteiger charge is -2.28.